The summed E-state index contributed by atoms with van der Waals surface area (Å²) in [7, 11) is 0. The fourth-order valence-corrected chi connectivity index (χ4v) is 3.02. The van der Waals surface area contributed by atoms with Gasteiger partial charge in [-0.1, -0.05) is 29.8 Å². The van der Waals surface area contributed by atoms with Gasteiger partial charge in [0.1, 0.15) is 12.6 Å². The van der Waals surface area contributed by atoms with Gasteiger partial charge in [-0.2, -0.15) is 13.2 Å². The molecule has 5 nitrogen and oxygen atoms in total. The maximum Gasteiger partial charge on any atom is 0.416 e. The summed E-state index contributed by atoms with van der Waals surface area (Å²) in [6.07, 6.45) is -4.59. The highest BCUT2D eigenvalue weighted by atomic mass is 19.4. The summed E-state index contributed by atoms with van der Waals surface area (Å²) in [4.78, 5) is 38.1. The predicted molar refractivity (Wildman–Crippen MR) is 92.4 cm³/mol. The minimum Gasteiger partial charge on any atom is -0.459 e. The van der Waals surface area contributed by atoms with Crippen LogP contribution in [0.5, 0.6) is 0 Å². The smallest absolute Gasteiger partial charge is 0.416 e. The van der Waals surface area contributed by atoms with Gasteiger partial charge in [-0.05, 0) is 32.0 Å². The van der Waals surface area contributed by atoms with E-state index in [-0.39, 0.29) is 16.7 Å². The zero-order valence-corrected chi connectivity index (χ0v) is 15.0. The molecule has 0 radical (unpaired) electrons. The number of carbonyl (C=O) groups is 3. The van der Waals surface area contributed by atoms with E-state index in [9.17, 15) is 27.6 Å². The molecule has 1 unspecified atom stereocenters. The highest BCUT2D eigenvalue weighted by molar-refractivity contribution is 6.22. The van der Waals surface area contributed by atoms with Crippen LogP contribution < -0.4 is 0 Å². The molecule has 1 atom stereocenters. The van der Waals surface area contributed by atoms with E-state index in [0.29, 0.717) is 0 Å². The molecule has 2 aromatic carbocycles. The number of halogens is 3. The van der Waals surface area contributed by atoms with Crippen LogP contribution in [-0.4, -0.2) is 28.7 Å². The number of carbonyl (C=O) groups excluding carboxylic acids is 3. The van der Waals surface area contributed by atoms with E-state index in [1.807, 2.05) is 0 Å². The van der Waals surface area contributed by atoms with E-state index in [1.165, 1.54) is 31.2 Å². The molecule has 146 valence electrons. The topological polar surface area (TPSA) is 63.7 Å². The molecular weight excluding hydrogens is 375 g/mol. The summed E-state index contributed by atoms with van der Waals surface area (Å²) in [5.41, 5.74) is 0.0191. The Hall–Kier alpha value is -3.16. The first-order chi connectivity index (χ1) is 13.1. The lowest BCUT2D eigenvalue weighted by molar-refractivity contribution is -0.151. The monoisotopic (exact) mass is 391 g/mol. The number of nitrogens with zero attached hydrogens (tertiary/aromatic N) is 1. The van der Waals surface area contributed by atoms with E-state index in [0.717, 1.165) is 16.5 Å². The normalized spacial score (nSPS) is 14.8. The van der Waals surface area contributed by atoms with Crippen molar-refractivity contribution in [1.29, 1.82) is 0 Å². The van der Waals surface area contributed by atoms with Gasteiger partial charge >= 0.3 is 12.1 Å². The summed E-state index contributed by atoms with van der Waals surface area (Å²) < 4.78 is 44.0. The van der Waals surface area contributed by atoms with Crippen LogP contribution in [0.3, 0.4) is 0 Å². The van der Waals surface area contributed by atoms with Gasteiger partial charge in [0.2, 0.25) is 0 Å². The van der Waals surface area contributed by atoms with E-state index in [4.69, 9.17) is 4.74 Å². The number of fused-ring (bicyclic) bond motifs is 1. The van der Waals surface area contributed by atoms with Gasteiger partial charge in [-0.3, -0.25) is 14.5 Å². The minimum atomic E-state index is -4.59. The molecular formula is C20H16F3NO4. The first-order valence-electron chi connectivity index (χ1n) is 8.41. The highest BCUT2D eigenvalue weighted by Crippen LogP contribution is 2.32. The Morgan fingerprint density at radius 3 is 2.39 bits per heavy atom. The van der Waals surface area contributed by atoms with Gasteiger partial charge < -0.3 is 4.74 Å². The SMILES string of the molecule is Cc1ccc2c(c1)C(=O)N(C(C)C(=O)OCc1ccccc1C(F)(F)F)C2=O. The van der Waals surface area contributed by atoms with Gasteiger partial charge in [0.05, 0.1) is 16.7 Å². The van der Waals surface area contributed by atoms with Crippen LogP contribution in [0.4, 0.5) is 13.2 Å². The van der Waals surface area contributed by atoms with Crippen molar-refractivity contribution in [3.8, 4) is 0 Å². The fourth-order valence-electron chi connectivity index (χ4n) is 3.02. The molecule has 0 aliphatic carbocycles. The minimum absolute atomic E-state index is 0.178. The third kappa shape index (κ3) is 3.49. The molecule has 0 saturated heterocycles. The zero-order valence-electron chi connectivity index (χ0n) is 15.0. The third-order valence-corrected chi connectivity index (χ3v) is 4.49. The number of amides is 2. The Bertz CT molecular complexity index is 968. The van der Waals surface area contributed by atoms with Gasteiger partial charge in [0.25, 0.3) is 11.8 Å². The van der Waals surface area contributed by atoms with Crippen LogP contribution in [0.15, 0.2) is 42.5 Å². The number of ether oxygens (including phenoxy) is 1. The number of hydrogen-bond acceptors (Lipinski definition) is 4. The number of hydrogen-bond donors (Lipinski definition) is 0. The molecule has 1 heterocycles. The average molecular weight is 391 g/mol. The number of esters is 1. The molecule has 0 saturated carbocycles. The first kappa shape index (κ1) is 19.6. The molecule has 0 aromatic heterocycles. The van der Waals surface area contributed by atoms with E-state index in [1.54, 1.807) is 19.1 Å². The predicted octanol–water partition coefficient (Wildman–Crippen LogP) is 3.74. The molecule has 0 fully saturated rings. The number of benzene rings is 2. The Kier molecular flexibility index (Phi) is 4.97. The maximum atomic E-state index is 13.0. The van der Waals surface area contributed by atoms with Crippen LogP contribution in [0.25, 0.3) is 0 Å². The molecule has 0 spiro atoms. The van der Waals surface area contributed by atoms with Crippen LogP contribution in [0, 0.1) is 6.92 Å². The molecule has 8 heteroatoms. The Balaban J connectivity index is 1.75. The van der Waals surface area contributed by atoms with Gasteiger partial charge in [-0.25, -0.2) is 4.79 Å². The molecule has 0 N–H and O–H groups in total. The van der Waals surface area contributed by atoms with E-state index in [2.05, 4.69) is 0 Å². The molecule has 1 aliphatic heterocycles. The molecule has 2 amide bonds. The second-order valence-electron chi connectivity index (χ2n) is 6.47. The quantitative estimate of drug-likeness (QED) is 0.588. The van der Waals surface area contributed by atoms with Crippen molar-refractivity contribution in [2.45, 2.75) is 32.7 Å². The second-order valence-corrected chi connectivity index (χ2v) is 6.47. The fraction of sp³-hybridized carbons (Fsp3) is 0.250. The first-order valence-corrected chi connectivity index (χ1v) is 8.41. The Morgan fingerprint density at radius 2 is 1.71 bits per heavy atom. The molecule has 1 aliphatic rings. The lowest BCUT2D eigenvalue weighted by atomic mass is 10.1. The molecule has 0 bridgehead atoms. The third-order valence-electron chi connectivity index (χ3n) is 4.49. The van der Waals surface area contributed by atoms with Crippen molar-refractivity contribution >= 4 is 17.8 Å². The maximum absolute atomic E-state index is 13.0. The van der Waals surface area contributed by atoms with Crippen molar-refractivity contribution in [3.05, 3.63) is 70.3 Å². The van der Waals surface area contributed by atoms with Crippen LogP contribution >= 0.6 is 0 Å². The number of rotatable bonds is 4. The molecule has 3 rings (SSSR count). The zero-order chi connectivity index (χ0) is 20.6. The second kappa shape index (κ2) is 7.10. The van der Waals surface area contributed by atoms with Crippen molar-refractivity contribution < 1.29 is 32.3 Å². The van der Waals surface area contributed by atoms with Crippen molar-refractivity contribution in [1.82, 2.24) is 4.90 Å². The summed E-state index contributed by atoms with van der Waals surface area (Å²) in [6, 6.07) is 8.17. The van der Waals surface area contributed by atoms with Crippen LogP contribution in [-0.2, 0) is 22.3 Å². The van der Waals surface area contributed by atoms with Crippen molar-refractivity contribution in [2.75, 3.05) is 0 Å². The number of imide groups is 1. The molecule has 2 aromatic rings. The van der Waals surface area contributed by atoms with Crippen molar-refractivity contribution in [2.24, 2.45) is 0 Å². The average Bonchev–Trinajstić information content (AvgIpc) is 2.88. The lowest BCUT2D eigenvalue weighted by Gasteiger charge is -2.21. The summed E-state index contributed by atoms with van der Waals surface area (Å²) >= 11 is 0. The van der Waals surface area contributed by atoms with Gasteiger partial charge in [0.15, 0.2) is 0 Å². The summed E-state index contributed by atoms with van der Waals surface area (Å²) in [5, 5.41) is 0. The van der Waals surface area contributed by atoms with Crippen LogP contribution in [0.1, 0.15) is 44.3 Å². The standard InChI is InChI=1S/C20H16F3NO4/c1-11-7-8-14-15(9-11)18(26)24(17(14)25)12(2)19(27)28-10-13-5-3-4-6-16(13)20(21,22)23/h3-9,12H,10H2,1-2H3. The number of aryl methyl sites for hydroxylation is 1. The number of alkyl halides is 3. The van der Waals surface area contributed by atoms with Crippen LogP contribution in [0.2, 0.25) is 0 Å². The van der Waals surface area contributed by atoms with E-state index < -0.39 is 42.2 Å². The summed E-state index contributed by atoms with van der Waals surface area (Å²) in [6.45, 7) is 2.43. The van der Waals surface area contributed by atoms with Gasteiger partial charge in [-0.15, -0.1) is 0 Å². The summed E-state index contributed by atoms with van der Waals surface area (Å²) in [5.74, 6) is -2.24. The lowest BCUT2D eigenvalue weighted by Crippen LogP contribution is -2.43. The van der Waals surface area contributed by atoms with E-state index >= 15 is 0 Å². The highest BCUT2D eigenvalue weighted by Gasteiger charge is 2.41. The van der Waals surface area contributed by atoms with Gasteiger partial charge in [0, 0.05) is 5.56 Å². The molecule has 28 heavy (non-hydrogen) atoms. The van der Waals surface area contributed by atoms with Crippen molar-refractivity contribution in [3.63, 3.8) is 0 Å². The Labute approximate surface area is 158 Å². The largest absolute Gasteiger partial charge is 0.459 e. The Morgan fingerprint density at radius 1 is 1.07 bits per heavy atom.